The number of amides is 1. The molecular formula is C11H11N5O3S. The van der Waals surface area contributed by atoms with Crippen LogP contribution in [0.1, 0.15) is 9.67 Å². The van der Waals surface area contributed by atoms with Crippen LogP contribution in [0.5, 0.6) is 0 Å². The zero-order chi connectivity index (χ0) is 14.5. The van der Waals surface area contributed by atoms with Gasteiger partial charge in [0.15, 0.2) is 0 Å². The number of carboxylic acids is 1. The molecule has 2 heterocycles. The molecule has 2 aromatic rings. The van der Waals surface area contributed by atoms with Crippen LogP contribution < -0.4 is 0 Å². The van der Waals surface area contributed by atoms with E-state index in [0.717, 1.165) is 0 Å². The van der Waals surface area contributed by atoms with Crippen molar-refractivity contribution >= 4 is 23.2 Å². The second-order valence-electron chi connectivity index (χ2n) is 3.76. The van der Waals surface area contributed by atoms with Gasteiger partial charge in [0.1, 0.15) is 17.7 Å². The van der Waals surface area contributed by atoms with Gasteiger partial charge in [-0.2, -0.15) is 4.68 Å². The van der Waals surface area contributed by atoms with Crippen LogP contribution >= 0.6 is 11.3 Å². The summed E-state index contributed by atoms with van der Waals surface area (Å²) in [6, 6.07) is 1.70. The van der Waals surface area contributed by atoms with Crippen molar-refractivity contribution in [1.82, 2.24) is 25.1 Å². The quantitative estimate of drug-likeness (QED) is 0.775. The Kier molecular flexibility index (Phi) is 4.20. The molecule has 0 aromatic carbocycles. The van der Waals surface area contributed by atoms with Crippen molar-refractivity contribution in [3.05, 3.63) is 35.3 Å². The maximum Gasteiger partial charge on any atom is 0.323 e. The number of tetrazole rings is 1. The lowest BCUT2D eigenvalue weighted by atomic mass is 10.3. The summed E-state index contributed by atoms with van der Waals surface area (Å²) >= 11 is 1.20. The van der Waals surface area contributed by atoms with E-state index in [0.29, 0.717) is 10.6 Å². The normalized spacial score (nSPS) is 10.2. The zero-order valence-electron chi connectivity index (χ0n) is 10.3. The number of nitrogens with zero attached hydrogens (tertiary/aromatic N) is 5. The highest BCUT2D eigenvalue weighted by Gasteiger charge is 2.22. The van der Waals surface area contributed by atoms with E-state index in [-0.39, 0.29) is 6.54 Å². The predicted molar refractivity (Wildman–Crippen MR) is 70.8 cm³/mol. The van der Waals surface area contributed by atoms with E-state index in [1.165, 1.54) is 33.3 Å². The molecule has 0 spiro atoms. The second kappa shape index (κ2) is 6.06. The molecule has 104 valence electrons. The van der Waals surface area contributed by atoms with E-state index in [2.05, 4.69) is 22.1 Å². The highest BCUT2D eigenvalue weighted by Crippen LogP contribution is 2.21. The third kappa shape index (κ3) is 2.88. The molecule has 20 heavy (non-hydrogen) atoms. The molecule has 0 unspecified atom stereocenters. The Labute approximate surface area is 117 Å². The van der Waals surface area contributed by atoms with E-state index in [9.17, 15) is 9.59 Å². The molecule has 0 radical (unpaired) electrons. The van der Waals surface area contributed by atoms with E-state index in [4.69, 9.17) is 5.11 Å². The van der Waals surface area contributed by atoms with Crippen molar-refractivity contribution in [3.63, 3.8) is 0 Å². The molecule has 0 bridgehead atoms. The number of carboxylic acid groups (broad SMARTS) is 1. The first-order valence-electron chi connectivity index (χ1n) is 5.56. The van der Waals surface area contributed by atoms with Gasteiger partial charge >= 0.3 is 5.97 Å². The fourth-order valence-electron chi connectivity index (χ4n) is 1.60. The Hall–Kier alpha value is -2.55. The lowest BCUT2D eigenvalue weighted by Crippen LogP contribution is -2.35. The molecule has 8 nitrogen and oxygen atoms in total. The molecule has 0 aliphatic heterocycles. The highest BCUT2D eigenvalue weighted by molar-refractivity contribution is 7.12. The fourth-order valence-corrected chi connectivity index (χ4v) is 2.44. The average molecular weight is 293 g/mol. The smallest absolute Gasteiger partial charge is 0.323 e. The number of rotatable bonds is 6. The van der Waals surface area contributed by atoms with Crippen LogP contribution in [0.15, 0.2) is 30.4 Å². The summed E-state index contributed by atoms with van der Waals surface area (Å²) in [5.74, 6) is -1.48. The summed E-state index contributed by atoms with van der Waals surface area (Å²) in [6.07, 6.45) is 2.85. The van der Waals surface area contributed by atoms with Gasteiger partial charge in [-0.1, -0.05) is 6.08 Å². The van der Waals surface area contributed by atoms with Crippen molar-refractivity contribution in [2.24, 2.45) is 0 Å². The van der Waals surface area contributed by atoms with Crippen molar-refractivity contribution in [2.75, 3.05) is 13.1 Å². The predicted octanol–water partition coefficient (Wildman–Crippen LogP) is 0.437. The fraction of sp³-hybridized carbons (Fsp3) is 0.182. The lowest BCUT2D eigenvalue weighted by Gasteiger charge is -2.18. The lowest BCUT2D eigenvalue weighted by molar-refractivity contribution is -0.137. The third-order valence-electron chi connectivity index (χ3n) is 2.40. The van der Waals surface area contributed by atoms with Crippen molar-refractivity contribution in [1.29, 1.82) is 0 Å². The van der Waals surface area contributed by atoms with Gasteiger partial charge in [0.25, 0.3) is 5.91 Å². The SMILES string of the molecule is C=CCN(CC(=O)O)C(=O)c1sccc1-n1cnnn1. The van der Waals surface area contributed by atoms with Gasteiger partial charge in [-0.25, -0.2) is 0 Å². The molecule has 0 aliphatic rings. The van der Waals surface area contributed by atoms with Crippen molar-refractivity contribution in [2.45, 2.75) is 0 Å². The number of thiophene rings is 1. The summed E-state index contributed by atoms with van der Waals surface area (Å²) in [5, 5.41) is 21.3. The molecule has 9 heteroatoms. The van der Waals surface area contributed by atoms with Gasteiger partial charge in [-0.15, -0.1) is 23.0 Å². The van der Waals surface area contributed by atoms with E-state index < -0.39 is 18.4 Å². The van der Waals surface area contributed by atoms with Gasteiger partial charge < -0.3 is 10.0 Å². The number of aliphatic carboxylic acids is 1. The largest absolute Gasteiger partial charge is 0.480 e. The summed E-state index contributed by atoms with van der Waals surface area (Å²) in [4.78, 5) is 24.8. The van der Waals surface area contributed by atoms with Gasteiger partial charge in [0.05, 0.1) is 5.69 Å². The van der Waals surface area contributed by atoms with E-state index in [1.807, 2.05) is 0 Å². The molecule has 1 amide bonds. The van der Waals surface area contributed by atoms with Gasteiger partial charge in [0.2, 0.25) is 0 Å². The van der Waals surface area contributed by atoms with Crippen LogP contribution in [0, 0.1) is 0 Å². The average Bonchev–Trinajstić information content (AvgIpc) is 3.07. The molecule has 2 aromatic heterocycles. The van der Waals surface area contributed by atoms with Crippen LogP contribution in [0.3, 0.4) is 0 Å². The van der Waals surface area contributed by atoms with E-state index in [1.54, 1.807) is 11.4 Å². The topological polar surface area (TPSA) is 101 Å². The molecule has 0 saturated heterocycles. The number of hydrogen-bond acceptors (Lipinski definition) is 6. The maximum absolute atomic E-state index is 12.4. The van der Waals surface area contributed by atoms with Crippen molar-refractivity contribution in [3.8, 4) is 5.69 Å². The number of carbonyl (C=O) groups excluding carboxylic acids is 1. The Morgan fingerprint density at radius 1 is 1.55 bits per heavy atom. The molecular weight excluding hydrogens is 282 g/mol. The number of aromatic nitrogens is 4. The third-order valence-corrected chi connectivity index (χ3v) is 3.29. The van der Waals surface area contributed by atoms with Gasteiger partial charge in [-0.3, -0.25) is 9.59 Å². The number of carbonyl (C=O) groups is 2. The zero-order valence-corrected chi connectivity index (χ0v) is 11.2. The van der Waals surface area contributed by atoms with Crippen LogP contribution in [0.25, 0.3) is 5.69 Å². The Bertz CT molecular complexity index is 622. The minimum absolute atomic E-state index is 0.151. The van der Waals surface area contributed by atoms with E-state index >= 15 is 0 Å². The molecule has 1 N–H and O–H groups in total. The first-order chi connectivity index (χ1) is 9.63. The summed E-state index contributed by atoms with van der Waals surface area (Å²) < 4.78 is 1.36. The molecule has 0 aliphatic carbocycles. The van der Waals surface area contributed by atoms with Gasteiger partial charge in [-0.05, 0) is 21.9 Å². The Balaban J connectivity index is 2.30. The summed E-state index contributed by atoms with van der Waals surface area (Å²) in [6.45, 7) is 3.28. The highest BCUT2D eigenvalue weighted by atomic mass is 32.1. The molecule has 2 rings (SSSR count). The standard InChI is InChI=1S/C11H11N5O3S/c1-2-4-15(6-9(17)18)11(19)10-8(3-5-20-10)16-7-12-13-14-16/h2-3,5,7H,1,4,6H2,(H,17,18). The molecule has 0 saturated carbocycles. The van der Waals surface area contributed by atoms with Crippen LogP contribution in [-0.4, -0.2) is 55.2 Å². The van der Waals surface area contributed by atoms with Crippen LogP contribution in [-0.2, 0) is 4.79 Å². The van der Waals surface area contributed by atoms with Crippen molar-refractivity contribution < 1.29 is 14.7 Å². The minimum atomic E-state index is -1.08. The molecule has 0 fully saturated rings. The first-order valence-corrected chi connectivity index (χ1v) is 6.44. The monoisotopic (exact) mass is 293 g/mol. The molecule has 0 atom stereocenters. The summed E-state index contributed by atoms with van der Waals surface area (Å²) in [7, 11) is 0. The van der Waals surface area contributed by atoms with Gasteiger partial charge in [0, 0.05) is 6.54 Å². The Morgan fingerprint density at radius 2 is 2.35 bits per heavy atom. The number of hydrogen-bond donors (Lipinski definition) is 1. The van der Waals surface area contributed by atoms with Crippen LogP contribution in [0.2, 0.25) is 0 Å². The Morgan fingerprint density at radius 3 is 2.95 bits per heavy atom. The first kappa shape index (κ1) is 13.9. The minimum Gasteiger partial charge on any atom is -0.480 e. The maximum atomic E-state index is 12.4. The second-order valence-corrected chi connectivity index (χ2v) is 4.67. The summed E-state index contributed by atoms with van der Waals surface area (Å²) in [5.41, 5.74) is 0.518. The van der Waals surface area contributed by atoms with Crippen LogP contribution in [0.4, 0.5) is 0 Å².